The number of hydrogen-bond donors (Lipinski definition) is 0. The first-order chi connectivity index (χ1) is 10.8. The molecule has 0 saturated carbocycles. The summed E-state index contributed by atoms with van der Waals surface area (Å²) in [4.78, 5) is 0. The van der Waals surface area contributed by atoms with E-state index in [0.29, 0.717) is 5.82 Å². The van der Waals surface area contributed by atoms with Gasteiger partial charge in [0.05, 0.1) is 0 Å². The Morgan fingerprint density at radius 2 is 1.45 bits per heavy atom. The maximum atomic E-state index is 3.83. The first kappa shape index (κ1) is 21.0. The normalized spacial score (nSPS) is 13.3. The Kier molecular flexibility index (Phi) is 15.7. The molecule has 0 heterocycles. The molecule has 0 N–H and O–H groups in total. The Balaban J connectivity index is 4.40. The molecule has 0 spiro atoms. The zero-order valence-electron chi connectivity index (χ0n) is 15.0. The van der Waals surface area contributed by atoms with E-state index in [9.17, 15) is 0 Å². The van der Waals surface area contributed by atoms with Crippen LogP contribution in [0, 0.1) is 0 Å². The molecule has 0 bridgehead atoms. The second-order valence-corrected chi connectivity index (χ2v) is 6.12. The third-order valence-electron chi connectivity index (χ3n) is 4.02. The Hall–Kier alpha value is -0.975. The lowest BCUT2D eigenvalue weighted by atomic mass is 9.55. The van der Waals surface area contributed by atoms with E-state index in [1.54, 1.807) is 0 Å². The molecule has 0 saturated heterocycles. The van der Waals surface area contributed by atoms with Crippen molar-refractivity contribution in [1.29, 1.82) is 0 Å². The summed E-state index contributed by atoms with van der Waals surface area (Å²) in [5.41, 5.74) is 1.27. The van der Waals surface area contributed by atoms with Gasteiger partial charge in [-0.3, -0.25) is 0 Å². The van der Waals surface area contributed by atoms with E-state index < -0.39 is 0 Å². The number of hydrogen-bond acceptors (Lipinski definition) is 0. The molecule has 0 aromatic heterocycles. The van der Waals surface area contributed by atoms with Gasteiger partial charge in [-0.2, -0.15) is 0 Å². The average Bonchev–Trinajstić information content (AvgIpc) is 2.52. The number of unbranched alkanes of at least 4 members (excludes halogenated alkanes) is 6. The lowest BCUT2D eigenvalue weighted by Crippen LogP contribution is -2.07. The zero-order valence-corrected chi connectivity index (χ0v) is 15.0. The summed E-state index contributed by atoms with van der Waals surface area (Å²) in [5.74, 6) is 0.703. The third-order valence-corrected chi connectivity index (χ3v) is 4.02. The van der Waals surface area contributed by atoms with Crippen LogP contribution in [0.4, 0.5) is 0 Å². The molecule has 0 rings (SSSR count). The van der Waals surface area contributed by atoms with Crippen molar-refractivity contribution in [2.24, 2.45) is 0 Å². The summed E-state index contributed by atoms with van der Waals surface area (Å²) in [6, 6.07) is 0. The van der Waals surface area contributed by atoms with E-state index in [2.05, 4.69) is 46.4 Å². The fourth-order valence-corrected chi connectivity index (χ4v) is 2.73. The van der Waals surface area contributed by atoms with E-state index in [1.807, 2.05) is 18.2 Å². The van der Waals surface area contributed by atoms with Crippen LogP contribution in [0.1, 0.15) is 78.1 Å². The van der Waals surface area contributed by atoms with Gasteiger partial charge >= 0.3 is 0 Å². The van der Waals surface area contributed by atoms with Crippen molar-refractivity contribution in [3.63, 3.8) is 0 Å². The smallest absolute Gasteiger partial charge is 0.0991 e. The molecule has 0 amide bonds. The molecule has 1 radical (unpaired) electrons. The lowest BCUT2D eigenvalue weighted by molar-refractivity contribution is 0.552. The highest BCUT2D eigenvalue weighted by Crippen LogP contribution is 2.25. The van der Waals surface area contributed by atoms with Crippen molar-refractivity contribution in [2.45, 2.75) is 83.9 Å². The van der Waals surface area contributed by atoms with Gasteiger partial charge in [-0.05, 0) is 0 Å². The van der Waals surface area contributed by atoms with Gasteiger partial charge in [0.15, 0.2) is 7.28 Å². The van der Waals surface area contributed by atoms with Crippen molar-refractivity contribution in [3.8, 4) is 0 Å². The quantitative estimate of drug-likeness (QED) is 0.170. The van der Waals surface area contributed by atoms with Gasteiger partial charge in [0, 0.05) is 0 Å². The van der Waals surface area contributed by atoms with Crippen LogP contribution >= 0.6 is 0 Å². The molecule has 1 unspecified atom stereocenters. The largest absolute Gasteiger partial charge is 0.154 e. The molecule has 22 heavy (non-hydrogen) atoms. The molecular formula is C21H36B. The van der Waals surface area contributed by atoms with E-state index in [-0.39, 0.29) is 0 Å². The van der Waals surface area contributed by atoms with Gasteiger partial charge in [0.1, 0.15) is 0 Å². The van der Waals surface area contributed by atoms with Gasteiger partial charge in [-0.1, -0.05) is 133 Å². The van der Waals surface area contributed by atoms with E-state index >= 15 is 0 Å². The summed E-state index contributed by atoms with van der Waals surface area (Å²) in [6.45, 7) is 12.1. The number of rotatable bonds is 15. The van der Waals surface area contributed by atoms with E-state index in [4.69, 9.17) is 0 Å². The van der Waals surface area contributed by atoms with Crippen molar-refractivity contribution in [3.05, 3.63) is 49.0 Å². The van der Waals surface area contributed by atoms with Crippen LogP contribution in [0.2, 0.25) is 5.82 Å². The van der Waals surface area contributed by atoms with Crippen LogP contribution in [0.5, 0.6) is 0 Å². The van der Waals surface area contributed by atoms with Gasteiger partial charge in [-0.15, -0.1) is 0 Å². The van der Waals surface area contributed by atoms with Crippen LogP contribution in [0.3, 0.4) is 0 Å². The Morgan fingerprint density at radius 3 is 2.05 bits per heavy atom. The summed E-state index contributed by atoms with van der Waals surface area (Å²) in [7, 11) is 2.44. The molecule has 1 atom stereocenters. The third kappa shape index (κ3) is 12.7. The number of allylic oxidation sites excluding steroid dienone is 6. The predicted molar refractivity (Wildman–Crippen MR) is 105 cm³/mol. The van der Waals surface area contributed by atoms with Gasteiger partial charge < -0.3 is 0 Å². The minimum absolute atomic E-state index is 0.703. The Bertz CT molecular complexity index is 325. The van der Waals surface area contributed by atoms with Gasteiger partial charge in [0.2, 0.25) is 0 Å². The second kappa shape index (κ2) is 16.4. The summed E-state index contributed by atoms with van der Waals surface area (Å²) in [5, 5.41) is 0. The van der Waals surface area contributed by atoms with Crippen molar-refractivity contribution in [2.75, 3.05) is 0 Å². The zero-order chi connectivity index (χ0) is 16.5. The average molecular weight is 299 g/mol. The molecule has 0 nitrogen and oxygen atoms in total. The topological polar surface area (TPSA) is 0 Å². The molecule has 0 aliphatic carbocycles. The van der Waals surface area contributed by atoms with Crippen molar-refractivity contribution in [1.82, 2.24) is 0 Å². The van der Waals surface area contributed by atoms with Crippen LogP contribution in [0.25, 0.3) is 0 Å². The summed E-state index contributed by atoms with van der Waals surface area (Å²) in [6.07, 6.45) is 23.4. The Morgan fingerprint density at radius 1 is 0.864 bits per heavy atom. The fraction of sp³-hybridized carbons (Fsp3) is 0.619. The minimum atomic E-state index is 0.703. The molecule has 0 aromatic rings. The molecule has 0 fully saturated rings. The fourth-order valence-electron chi connectivity index (χ4n) is 2.73. The first-order valence-electron chi connectivity index (χ1n) is 9.25. The molecule has 123 valence electrons. The summed E-state index contributed by atoms with van der Waals surface area (Å²) >= 11 is 0. The first-order valence-corrected chi connectivity index (χ1v) is 9.25. The second-order valence-electron chi connectivity index (χ2n) is 6.12. The maximum absolute atomic E-state index is 3.83. The van der Waals surface area contributed by atoms with Crippen molar-refractivity contribution >= 4 is 7.28 Å². The monoisotopic (exact) mass is 299 g/mol. The Labute approximate surface area is 140 Å². The molecule has 1 heteroatoms. The van der Waals surface area contributed by atoms with Crippen LogP contribution in [-0.2, 0) is 0 Å². The predicted octanol–water partition coefficient (Wildman–Crippen LogP) is 7.23. The maximum Gasteiger partial charge on any atom is 0.154 e. The molecule has 0 aromatic carbocycles. The van der Waals surface area contributed by atoms with Crippen LogP contribution in [-0.4, -0.2) is 7.28 Å². The summed E-state index contributed by atoms with van der Waals surface area (Å²) < 4.78 is 0. The highest BCUT2D eigenvalue weighted by atomic mass is 14.1. The SMILES string of the molecule is C=C/C=C\C([B]C(CCCCC)CCCCCCC)=C/C=C. The highest BCUT2D eigenvalue weighted by molar-refractivity contribution is 6.48. The highest BCUT2D eigenvalue weighted by Gasteiger charge is 2.11. The minimum Gasteiger partial charge on any atom is -0.0991 e. The van der Waals surface area contributed by atoms with Crippen molar-refractivity contribution < 1.29 is 0 Å². The van der Waals surface area contributed by atoms with E-state index in [1.165, 1.54) is 69.7 Å². The molecule has 0 aliphatic heterocycles. The lowest BCUT2D eigenvalue weighted by Gasteiger charge is -2.16. The van der Waals surface area contributed by atoms with Crippen LogP contribution < -0.4 is 0 Å². The van der Waals surface area contributed by atoms with Gasteiger partial charge in [0.25, 0.3) is 0 Å². The van der Waals surface area contributed by atoms with E-state index in [0.717, 1.165) is 0 Å². The standard InChI is InChI=1S/C21H36B/c1-5-9-12-13-15-19-21(18-14-10-6-2)22-20(16-8-4)17-11-7-3/h7-8,11,16-17,21H,3-6,9-10,12-15,18-19H2,1-2H3/b17-11-,20-16+. The van der Waals surface area contributed by atoms with Gasteiger partial charge in [-0.25, -0.2) is 0 Å². The molecular weight excluding hydrogens is 263 g/mol. The van der Waals surface area contributed by atoms with Crippen LogP contribution in [0.15, 0.2) is 49.0 Å². The molecule has 0 aliphatic rings.